The number of aliphatic hydroxyl groups is 1. The first-order chi connectivity index (χ1) is 9.24. The largest absolute Gasteiger partial charge is 0.468 e. The zero-order valence-electron chi connectivity index (χ0n) is 10.7. The molecule has 0 heterocycles. The van der Waals surface area contributed by atoms with Crippen LogP contribution in [0.4, 0.5) is 0 Å². The molecule has 0 saturated heterocycles. The van der Waals surface area contributed by atoms with Gasteiger partial charge >= 0.3 is 5.97 Å². The zero-order valence-corrected chi connectivity index (χ0v) is 10.7. The molecule has 0 bridgehead atoms. The summed E-state index contributed by atoms with van der Waals surface area (Å²) >= 11 is 0. The number of benzene rings is 2. The van der Waals surface area contributed by atoms with Crippen LogP contribution in [0.15, 0.2) is 60.7 Å². The minimum absolute atomic E-state index is 0.442. The van der Waals surface area contributed by atoms with E-state index in [1.807, 2.05) is 48.5 Å². The molecule has 1 N–H and O–H groups in total. The fraction of sp³-hybridized carbons (Fsp3) is 0.188. The van der Waals surface area contributed by atoms with Crippen LogP contribution in [0.25, 0.3) is 0 Å². The second-order valence-electron chi connectivity index (χ2n) is 4.27. The van der Waals surface area contributed by atoms with Gasteiger partial charge in [0.2, 0.25) is 0 Å². The minimum atomic E-state index is -0.920. The van der Waals surface area contributed by atoms with Crippen molar-refractivity contribution < 1.29 is 14.6 Å². The van der Waals surface area contributed by atoms with Gasteiger partial charge in [-0.2, -0.15) is 0 Å². The first-order valence-corrected chi connectivity index (χ1v) is 6.10. The summed E-state index contributed by atoms with van der Waals surface area (Å²) in [6.45, 7) is 0. The molecule has 0 saturated carbocycles. The van der Waals surface area contributed by atoms with Gasteiger partial charge in [0.25, 0.3) is 0 Å². The number of carbonyl (C=O) groups is 1. The third-order valence-electron chi connectivity index (χ3n) is 3.07. The summed E-state index contributed by atoms with van der Waals surface area (Å²) in [5.74, 6) is -1.16. The van der Waals surface area contributed by atoms with Crippen molar-refractivity contribution in [2.75, 3.05) is 7.11 Å². The molecule has 2 rings (SSSR count). The van der Waals surface area contributed by atoms with Crippen molar-refractivity contribution in [2.24, 2.45) is 0 Å². The number of methoxy groups -OCH3 is 1. The van der Waals surface area contributed by atoms with E-state index >= 15 is 0 Å². The smallest absolute Gasteiger partial charge is 0.316 e. The predicted molar refractivity (Wildman–Crippen MR) is 72.6 cm³/mol. The van der Waals surface area contributed by atoms with E-state index in [2.05, 4.69) is 0 Å². The zero-order chi connectivity index (χ0) is 13.7. The van der Waals surface area contributed by atoms with Crippen LogP contribution in [0, 0.1) is 0 Å². The Labute approximate surface area is 112 Å². The molecular weight excluding hydrogens is 240 g/mol. The Kier molecular flexibility index (Phi) is 4.31. The maximum atomic E-state index is 11.9. The topological polar surface area (TPSA) is 46.5 Å². The molecule has 0 amide bonds. The van der Waals surface area contributed by atoms with E-state index in [0.29, 0.717) is 5.56 Å². The van der Waals surface area contributed by atoms with E-state index < -0.39 is 18.0 Å². The Morgan fingerprint density at radius 3 is 1.89 bits per heavy atom. The fourth-order valence-electron chi connectivity index (χ4n) is 2.08. The lowest BCUT2D eigenvalue weighted by molar-refractivity contribution is -0.145. The second kappa shape index (κ2) is 6.16. The predicted octanol–water partition coefficient (Wildman–Crippen LogP) is 2.68. The highest BCUT2D eigenvalue weighted by molar-refractivity contribution is 5.79. The molecule has 0 aliphatic heterocycles. The molecule has 0 fully saturated rings. The quantitative estimate of drug-likeness (QED) is 0.855. The van der Waals surface area contributed by atoms with Gasteiger partial charge in [0.15, 0.2) is 0 Å². The molecule has 3 heteroatoms. The molecular formula is C16H16O3. The van der Waals surface area contributed by atoms with Gasteiger partial charge in [0.1, 0.15) is 5.92 Å². The van der Waals surface area contributed by atoms with Gasteiger partial charge in [-0.05, 0) is 11.1 Å². The summed E-state index contributed by atoms with van der Waals surface area (Å²) < 4.78 is 4.81. The number of aliphatic hydroxyl groups excluding tert-OH is 1. The van der Waals surface area contributed by atoms with Crippen molar-refractivity contribution in [1.82, 2.24) is 0 Å². The Hall–Kier alpha value is -2.13. The second-order valence-corrected chi connectivity index (χ2v) is 4.27. The molecule has 98 valence electrons. The van der Waals surface area contributed by atoms with Crippen molar-refractivity contribution >= 4 is 5.97 Å². The number of carbonyl (C=O) groups excluding carboxylic acids is 1. The standard InChI is InChI=1S/C16H16O3/c1-19-16(18)14(12-8-4-2-5-9-12)15(17)13-10-6-3-7-11-13/h2-11,14-15,17H,1H3/t14-,15-/m0/s1. The molecule has 2 atom stereocenters. The van der Waals surface area contributed by atoms with Crippen LogP contribution in [0.5, 0.6) is 0 Å². The molecule has 0 radical (unpaired) electrons. The van der Waals surface area contributed by atoms with Crippen molar-refractivity contribution in [3.63, 3.8) is 0 Å². The molecule has 0 aliphatic rings. The Morgan fingerprint density at radius 1 is 0.947 bits per heavy atom. The van der Waals surface area contributed by atoms with Crippen LogP contribution >= 0.6 is 0 Å². The first-order valence-electron chi connectivity index (χ1n) is 6.10. The van der Waals surface area contributed by atoms with Gasteiger partial charge in [-0.15, -0.1) is 0 Å². The molecule has 2 aromatic carbocycles. The van der Waals surface area contributed by atoms with Crippen LogP contribution < -0.4 is 0 Å². The third kappa shape index (κ3) is 3.01. The lowest BCUT2D eigenvalue weighted by Crippen LogP contribution is -2.21. The van der Waals surface area contributed by atoms with Gasteiger partial charge < -0.3 is 9.84 Å². The molecule has 0 spiro atoms. The van der Waals surface area contributed by atoms with Gasteiger partial charge in [-0.3, -0.25) is 4.79 Å². The van der Waals surface area contributed by atoms with E-state index in [1.165, 1.54) is 7.11 Å². The summed E-state index contributed by atoms with van der Waals surface area (Å²) in [5.41, 5.74) is 1.44. The highest BCUT2D eigenvalue weighted by Gasteiger charge is 2.30. The highest BCUT2D eigenvalue weighted by Crippen LogP contribution is 2.31. The van der Waals surface area contributed by atoms with Crippen LogP contribution in [-0.2, 0) is 9.53 Å². The van der Waals surface area contributed by atoms with E-state index in [9.17, 15) is 9.90 Å². The van der Waals surface area contributed by atoms with Crippen LogP contribution in [0.1, 0.15) is 23.1 Å². The Balaban J connectivity index is 2.36. The van der Waals surface area contributed by atoms with E-state index in [4.69, 9.17) is 4.74 Å². The van der Waals surface area contributed by atoms with Crippen LogP contribution in [0.2, 0.25) is 0 Å². The van der Waals surface area contributed by atoms with Gasteiger partial charge in [0.05, 0.1) is 13.2 Å². The van der Waals surface area contributed by atoms with Crippen LogP contribution in [-0.4, -0.2) is 18.2 Å². The Morgan fingerprint density at radius 2 is 1.42 bits per heavy atom. The highest BCUT2D eigenvalue weighted by atomic mass is 16.5. The molecule has 2 aromatic rings. The summed E-state index contributed by atoms with van der Waals surface area (Å²) in [7, 11) is 1.33. The van der Waals surface area contributed by atoms with E-state index in [1.54, 1.807) is 12.1 Å². The number of ether oxygens (including phenoxy) is 1. The summed E-state index contributed by atoms with van der Waals surface area (Å²) in [6.07, 6.45) is -0.920. The first kappa shape index (κ1) is 13.3. The van der Waals surface area contributed by atoms with Crippen LogP contribution in [0.3, 0.4) is 0 Å². The molecule has 0 unspecified atom stereocenters. The maximum absolute atomic E-state index is 11.9. The molecule has 3 nitrogen and oxygen atoms in total. The van der Waals surface area contributed by atoms with Crippen molar-refractivity contribution in [3.8, 4) is 0 Å². The normalized spacial score (nSPS) is 13.6. The lowest BCUT2D eigenvalue weighted by Gasteiger charge is -2.21. The number of hydrogen-bond acceptors (Lipinski definition) is 3. The number of hydrogen-bond donors (Lipinski definition) is 1. The van der Waals surface area contributed by atoms with E-state index in [-0.39, 0.29) is 0 Å². The van der Waals surface area contributed by atoms with Crippen molar-refractivity contribution in [3.05, 3.63) is 71.8 Å². The number of esters is 1. The summed E-state index contributed by atoms with van der Waals surface area (Å²) in [6, 6.07) is 18.3. The number of rotatable bonds is 4. The van der Waals surface area contributed by atoms with Crippen molar-refractivity contribution in [2.45, 2.75) is 12.0 Å². The summed E-state index contributed by atoms with van der Waals surface area (Å²) in [4.78, 5) is 11.9. The minimum Gasteiger partial charge on any atom is -0.468 e. The van der Waals surface area contributed by atoms with Gasteiger partial charge in [0, 0.05) is 0 Å². The molecule has 0 aliphatic carbocycles. The average Bonchev–Trinajstić information content (AvgIpc) is 2.49. The van der Waals surface area contributed by atoms with Gasteiger partial charge in [-0.25, -0.2) is 0 Å². The molecule has 19 heavy (non-hydrogen) atoms. The summed E-state index contributed by atoms with van der Waals surface area (Å²) in [5, 5.41) is 10.4. The van der Waals surface area contributed by atoms with E-state index in [0.717, 1.165) is 5.56 Å². The lowest BCUT2D eigenvalue weighted by atomic mass is 9.89. The van der Waals surface area contributed by atoms with Crippen molar-refractivity contribution in [1.29, 1.82) is 0 Å². The molecule has 0 aromatic heterocycles. The Bertz CT molecular complexity index is 522. The third-order valence-corrected chi connectivity index (χ3v) is 3.07. The SMILES string of the molecule is COC(=O)[C@@H](c1ccccc1)[C@@H](O)c1ccccc1. The van der Waals surface area contributed by atoms with Gasteiger partial charge in [-0.1, -0.05) is 60.7 Å². The fourth-order valence-corrected chi connectivity index (χ4v) is 2.08. The monoisotopic (exact) mass is 256 g/mol. The maximum Gasteiger partial charge on any atom is 0.316 e. The average molecular weight is 256 g/mol.